The highest BCUT2D eigenvalue weighted by atomic mass is 16.3. The molecule has 1 aromatic rings. The van der Waals surface area contributed by atoms with Crippen molar-refractivity contribution in [1.82, 2.24) is 0 Å². The van der Waals surface area contributed by atoms with Crippen LogP contribution in [0.2, 0.25) is 0 Å². The number of rotatable bonds is 4. The predicted octanol–water partition coefficient (Wildman–Crippen LogP) is 2.20. The summed E-state index contributed by atoms with van der Waals surface area (Å²) in [7, 11) is 0. The van der Waals surface area contributed by atoms with Gasteiger partial charge in [-0.15, -0.1) is 0 Å². The van der Waals surface area contributed by atoms with E-state index in [0.717, 1.165) is 24.2 Å². The smallest absolute Gasteiger partial charge is 0.112 e. The van der Waals surface area contributed by atoms with Crippen molar-refractivity contribution < 1.29 is 4.42 Å². The Bertz CT molecular complexity index is 252. The highest BCUT2D eigenvalue weighted by Crippen LogP contribution is 2.13. The largest absolute Gasteiger partial charge is 0.469 e. The van der Waals surface area contributed by atoms with Crippen LogP contribution in [-0.2, 0) is 6.42 Å². The van der Waals surface area contributed by atoms with Crippen LogP contribution in [0.3, 0.4) is 0 Å². The van der Waals surface area contributed by atoms with E-state index in [1.165, 1.54) is 0 Å². The average Bonchev–Trinajstić information content (AvgIpc) is 2.51. The zero-order valence-electron chi connectivity index (χ0n) is 7.42. The Kier molecular flexibility index (Phi) is 3.11. The van der Waals surface area contributed by atoms with Crippen molar-refractivity contribution in [2.75, 3.05) is 0 Å². The Labute approximate surface area is 73.1 Å². The summed E-state index contributed by atoms with van der Waals surface area (Å²) in [4.78, 5) is 0. The summed E-state index contributed by atoms with van der Waals surface area (Å²) in [5.41, 5.74) is 6.85. The Morgan fingerprint density at radius 3 is 3.08 bits per heavy atom. The fraction of sp³-hybridized carbons (Fsp3) is 0.400. The lowest BCUT2D eigenvalue weighted by Crippen LogP contribution is -2.21. The molecule has 2 N–H and O–H groups in total. The van der Waals surface area contributed by atoms with Gasteiger partial charge in [0.25, 0.3) is 0 Å². The number of hydrogen-bond donors (Lipinski definition) is 1. The highest BCUT2D eigenvalue weighted by molar-refractivity contribution is 5.48. The molecule has 2 nitrogen and oxygen atoms in total. The molecule has 2 heteroatoms. The van der Waals surface area contributed by atoms with Crippen LogP contribution in [0.25, 0.3) is 6.08 Å². The predicted molar refractivity (Wildman–Crippen MR) is 50.8 cm³/mol. The van der Waals surface area contributed by atoms with Crippen molar-refractivity contribution >= 4 is 6.08 Å². The molecular formula is C10H15NO. The Balaban J connectivity index is 2.67. The molecule has 0 saturated heterocycles. The SMILES string of the molecule is C=Cc1ccoc1CC(N)CC. The average molecular weight is 165 g/mol. The van der Waals surface area contributed by atoms with Gasteiger partial charge in [0.05, 0.1) is 6.26 Å². The van der Waals surface area contributed by atoms with E-state index in [1.807, 2.05) is 6.07 Å². The lowest BCUT2D eigenvalue weighted by atomic mass is 10.1. The van der Waals surface area contributed by atoms with E-state index < -0.39 is 0 Å². The summed E-state index contributed by atoms with van der Waals surface area (Å²) in [6.07, 6.45) is 5.23. The second kappa shape index (κ2) is 4.12. The van der Waals surface area contributed by atoms with Crippen LogP contribution in [0.15, 0.2) is 23.3 Å². The van der Waals surface area contributed by atoms with Crippen molar-refractivity contribution in [2.24, 2.45) is 5.73 Å². The quantitative estimate of drug-likeness (QED) is 0.742. The van der Waals surface area contributed by atoms with E-state index in [9.17, 15) is 0 Å². The summed E-state index contributed by atoms with van der Waals surface area (Å²) < 4.78 is 5.28. The van der Waals surface area contributed by atoms with Gasteiger partial charge in [0, 0.05) is 18.0 Å². The van der Waals surface area contributed by atoms with Crippen molar-refractivity contribution in [3.8, 4) is 0 Å². The van der Waals surface area contributed by atoms with Gasteiger partial charge in [0.2, 0.25) is 0 Å². The van der Waals surface area contributed by atoms with E-state index in [2.05, 4.69) is 13.5 Å². The lowest BCUT2D eigenvalue weighted by molar-refractivity contribution is 0.479. The summed E-state index contributed by atoms with van der Waals surface area (Å²) in [5, 5.41) is 0. The second-order valence-electron chi connectivity index (χ2n) is 2.88. The van der Waals surface area contributed by atoms with Crippen molar-refractivity contribution in [1.29, 1.82) is 0 Å². The normalized spacial score (nSPS) is 12.8. The Morgan fingerprint density at radius 1 is 1.75 bits per heavy atom. The van der Waals surface area contributed by atoms with Crippen LogP contribution in [-0.4, -0.2) is 6.04 Å². The topological polar surface area (TPSA) is 39.2 Å². The van der Waals surface area contributed by atoms with Crippen LogP contribution in [0.1, 0.15) is 24.7 Å². The van der Waals surface area contributed by atoms with Crippen molar-refractivity contribution in [3.63, 3.8) is 0 Å². The molecule has 0 aliphatic heterocycles. The molecule has 0 spiro atoms. The Morgan fingerprint density at radius 2 is 2.50 bits per heavy atom. The fourth-order valence-corrected chi connectivity index (χ4v) is 1.08. The molecule has 0 aliphatic rings. The number of hydrogen-bond acceptors (Lipinski definition) is 2. The molecular weight excluding hydrogens is 150 g/mol. The maximum Gasteiger partial charge on any atom is 0.112 e. The van der Waals surface area contributed by atoms with E-state index in [0.29, 0.717) is 0 Å². The molecule has 1 atom stereocenters. The van der Waals surface area contributed by atoms with Crippen LogP contribution in [0.4, 0.5) is 0 Å². The maximum atomic E-state index is 5.79. The third-order valence-corrected chi connectivity index (χ3v) is 1.97. The third-order valence-electron chi connectivity index (χ3n) is 1.97. The molecule has 1 heterocycles. The van der Waals surface area contributed by atoms with Gasteiger partial charge in [-0.25, -0.2) is 0 Å². The summed E-state index contributed by atoms with van der Waals surface area (Å²) in [5.74, 6) is 0.944. The first-order valence-corrected chi connectivity index (χ1v) is 4.22. The van der Waals surface area contributed by atoms with Gasteiger partial charge in [-0.2, -0.15) is 0 Å². The molecule has 0 aromatic carbocycles. The van der Waals surface area contributed by atoms with Crippen molar-refractivity contribution in [2.45, 2.75) is 25.8 Å². The molecule has 66 valence electrons. The summed E-state index contributed by atoms with van der Waals surface area (Å²) >= 11 is 0. The molecule has 12 heavy (non-hydrogen) atoms. The highest BCUT2D eigenvalue weighted by Gasteiger charge is 2.07. The molecule has 1 rings (SSSR count). The van der Waals surface area contributed by atoms with Gasteiger partial charge in [-0.3, -0.25) is 0 Å². The minimum absolute atomic E-state index is 0.190. The number of furan rings is 1. The summed E-state index contributed by atoms with van der Waals surface area (Å²) in [6.45, 7) is 5.77. The molecule has 0 fully saturated rings. The maximum absolute atomic E-state index is 5.79. The van der Waals surface area contributed by atoms with Gasteiger partial charge in [-0.1, -0.05) is 19.6 Å². The molecule has 0 aliphatic carbocycles. The van der Waals surface area contributed by atoms with Crippen LogP contribution in [0, 0.1) is 0 Å². The van der Waals surface area contributed by atoms with Gasteiger partial charge in [0.15, 0.2) is 0 Å². The first-order valence-electron chi connectivity index (χ1n) is 4.22. The van der Waals surface area contributed by atoms with E-state index in [4.69, 9.17) is 10.2 Å². The van der Waals surface area contributed by atoms with E-state index >= 15 is 0 Å². The molecule has 0 amide bonds. The first-order chi connectivity index (χ1) is 5.77. The standard InChI is InChI=1S/C10H15NO/c1-3-8-5-6-12-10(8)7-9(11)4-2/h3,5-6,9H,1,4,7,11H2,2H3. The van der Waals surface area contributed by atoms with Gasteiger partial charge in [0.1, 0.15) is 5.76 Å². The molecule has 0 bridgehead atoms. The Hall–Kier alpha value is -1.02. The minimum atomic E-state index is 0.190. The number of nitrogens with two attached hydrogens (primary N) is 1. The van der Waals surface area contributed by atoms with Crippen molar-refractivity contribution in [3.05, 3.63) is 30.2 Å². The van der Waals surface area contributed by atoms with Gasteiger partial charge in [-0.05, 0) is 12.5 Å². The van der Waals surface area contributed by atoms with Gasteiger partial charge < -0.3 is 10.2 Å². The van der Waals surface area contributed by atoms with E-state index in [1.54, 1.807) is 12.3 Å². The van der Waals surface area contributed by atoms with Crippen LogP contribution in [0.5, 0.6) is 0 Å². The van der Waals surface area contributed by atoms with Crippen LogP contribution >= 0.6 is 0 Å². The van der Waals surface area contributed by atoms with E-state index in [-0.39, 0.29) is 6.04 Å². The molecule has 1 unspecified atom stereocenters. The monoisotopic (exact) mass is 165 g/mol. The first kappa shape index (κ1) is 9.07. The lowest BCUT2D eigenvalue weighted by Gasteiger charge is -2.05. The molecule has 0 radical (unpaired) electrons. The van der Waals surface area contributed by atoms with Crippen LogP contribution < -0.4 is 5.73 Å². The second-order valence-corrected chi connectivity index (χ2v) is 2.88. The third kappa shape index (κ3) is 1.98. The summed E-state index contributed by atoms with van der Waals surface area (Å²) in [6, 6.07) is 2.10. The molecule has 0 saturated carbocycles. The molecule has 1 aromatic heterocycles. The fourth-order valence-electron chi connectivity index (χ4n) is 1.08. The zero-order chi connectivity index (χ0) is 8.97. The van der Waals surface area contributed by atoms with Gasteiger partial charge >= 0.3 is 0 Å². The zero-order valence-corrected chi connectivity index (χ0v) is 7.42. The minimum Gasteiger partial charge on any atom is -0.469 e.